The van der Waals surface area contributed by atoms with Gasteiger partial charge in [-0.15, -0.1) is 0 Å². The van der Waals surface area contributed by atoms with Crippen molar-refractivity contribution in [3.05, 3.63) is 196 Å². The number of hydrogen-bond donors (Lipinski definition) is 0. The molecule has 3 aliphatic heterocycles. The molecule has 0 radical (unpaired) electrons. The molecule has 10 aromatic rings. The van der Waals surface area contributed by atoms with Gasteiger partial charge in [0.2, 0.25) is 0 Å². The lowest BCUT2D eigenvalue weighted by Crippen LogP contribution is -2.60. The van der Waals surface area contributed by atoms with Crippen LogP contribution >= 0.6 is 0 Å². The zero-order valence-electron chi connectivity index (χ0n) is 33.8. The van der Waals surface area contributed by atoms with Crippen molar-refractivity contribution in [3.8, 4) is 44.9 Å². The normalized spacial score (nSPS) is 15.9. The van der Waals surface area contributed by atoms with Crippen molar-refractivity contribution in [2.45, 2.75) is 40.0 Å². The van der Waals surface area contributed by atoms with Crippen molar-refractivity contribution >= 4 is 55.8 Å². The second kappa shape index (κ2) is 10.6. The molecule has 8 aromatic carbocycles. The molecule has 0 amide bonds. The lowest BCUT2D eigenvalue weighted by atomic mass is 9.33. The summed E-state index contributed by atoms with van der Waals surface area (Å²) < 4.78 is 5.40. The van der Waals surface area contributed by atoms with Crippen LogP contribution in [0.5, 0.6) is 0 Å². The molecule has 2 nitrogen and oxygen atoms in total. The van der Waals surface area contributed by atoms with Crippen molar-refractivity contribution in [3.63, 3.8) is 0 Å². The van der Waals surface area contributed by atoms with E-state index in [2.05, 4.69) is 189 Å². The first-order valence-electron chi connectivity index (χ1n) is 21.1. The molecule has 1 atom stereocenters. The molecule has 1 spiro atoms. The Morgan fingerprint density at radius 1 is 0.458 bits per heavy atom. The van der Waals surface area contributed by atoms with Crippen LogP contribution < -0.4 is 16.4 Å². The van der Waals surface area contributed by atoms with E-state index in [1.807, 2.05) is 0 Å². The maximum absolute atomic E-state index is 2.74. The van der Waals surface area contributed by atoms with Crippen LogP contribution in [0.3, 0.4) is 0 Å². The van der Waals surface area contributed by atoms with E-state index < -0.39 is 5.41 Å². The van der Waals surface area contributed by atoms with Gasteiger partial charge in [-0.2, -0.15) is 0 Å². The Labute approximate surface area is 344 Å². The van der Waals surface area contributed by atoms with Crippen LogP contribution in [-0.2, 0) is 5.41 Å². The van der Waals surface area contributed by atoms with Gasteiger partial charge in [-0.25, -0.2) is 0 Å². The number of hydrogen-bond acceptors (Lipinski definition) is 0. The van der Waals surface area contributed by atoms with Gasteiger partial charge in [0.1, 0.15) is 0 Å². The van der Waals surface area contributed by atoms with E-state index in [9.17, 15) is 0 Å². The van der Waals surface area contributed by atoms with Gasteiger partial charge in [0, 0.05) is 44.1 Å². The summed E-state index contributed by atoms with van der Waals surface area (Å²) in [4.78, 5) is 0. The molecule has 59 heavy (non-hydrogen) atoms. The Hall–Kier alpha value is -6.84. The summed E-state index contributed by atoms with van der Waals surface area (Å²) in [6.07, 6.45) is 0. The summed E-state index contributed by atoms with van der Waals surface area (Å²) in [6.45, 7) is 11.4. The Morgan fingerprint density at radius 3 is 1.92 bits per heavy atom. The molecule has 4 aliphatic rings. The minimum Gasteiger partial charge on any atom is -0.310 e. The van der Waals surface area contributed by atoms with Crippen LogP contribution in [0.15, 0.2) is 146 Å². The van der Waals surface area contributed by atoms with Crippen molar-refractivity contribution in [2.24, 2.45) is 0 Å². The van der Waals surface area contributed by atoms with Gasteiger partial charge in [0.25, 0.3) is 6.71 Å². The van der Waals surface area contributed by atoms with Crippen molar-refractivity contribution in [2.75, 3.05) is 0 Å². The summed E-state index contributed by atoms with van der Waals surface area (Å²) in [7, 11) is 0. The Bertz CT molecular complexity index is 3600. The smallest absolute Gasteiger partial charge is 0.252 e. The molecule has 0 saturated carbocycles. The van der Waals surface area contributed by atoms with Crippen molar-refractivity contribution < 1.29 is 0 Å². The predicted molar refractivity (Wildman–Crippen MR) is 248 cm³/mol. The van der Waals surface area contributed by atoms with Crippen LogP contribution in [0.2, 0.25) is 0 Å². The maximum atomic E-state index is 2.74. The third-order valence-corrected chi connectivity index (χ3v) is 14.8. The lowest BCUT2D eigenvalue weighted by molar-refractivity contribution is 0.748. The highest BCUT2D eigenvalue weighted by atomic mass is 15.1. The third kappa shape index (κ3) is 3.57. The highest BCUT2D eigenvalue weighted by Crippen LogP contribution is 2.62. The summed E-state index contributed by atoms with van der Waals surface area (Å²) in [5.41, 5.74) is 30.3. The summed E-state index contributed by atoms with van der Waals surface area (Å²) in [5.74, 6) is 0. The maximum Gasteiger partial charge on any atom is 0.252 e. The van der Waals surface area contributed by atoms with Crippen LogP contribution in [-0.4, -0.2) is 15.8 Å². The van der Waals surface area contributed by atoms with Crippen LogP contribution in [0.4, 0.5) is 0 Å². The fraction of sp³-hybridized carbons (Fsp3) is 0.107. The molecule has 0 bridgehead atoms. The van der Waals surface area contributed by atoms with Gasteiger partial charge in [0.05, 0.1) is 16.6 Å². The topological polar surface area (TPSA) is 9.86 Å². The number of fused-ring (bicyclic) bond motifs is 11. The molecule has 1 aliphatic carbocycles. The van der Waals surface area contributed by atoms with Gasteiger partial charge in [-0.1, -0.05) is 156 Å². The van der Waals surface area contributed by atoms with Crippen LogP contribution in [0.1, 0.15) is 50.1 Å². The summed E-state index contributed by atoms with van der Waals surface area (Å²) >= 11 is 0. The number of nitrogens with zero attached hydrogens (tertiary/aromatic N) is 2. The minimum atomic E-state index is -0.482. The first kappa shape index (κ1) is 32.2. The highest BCUT2D eigenvalue weighted by Gasteiger charge is 2.54. The van der Waals surface area contributed by atoms with E-state index in [4.69, 9.17) is 0 Å². The number of rotatable bonds is 2. The zero-order chi connectivity index (χ0) is 39.2. The van der Waals surface area contributed by atoms with Gasteiger partial charge < -0.3 is 9.13 Å². The van der Waals surface area contributed by atoms with Crippen molar-refractivity contribution in [1.29, 1.82) is 0 Å². The molecular weight excluding hydrogens is 711 g/mol. The predicted octanol–water partition coefficient (Wildman–Crippen LogP) is 11.4. The molecule has 276 valence electrons. The first-order chi connectivity index (χ1) is 28.9. The number of aryl methyl sites for hydroxylation is 5. The highest BCUT2D eigenvalue weighted by molar-refractivity contribution is 7.00. The second-order valence-electron chi connectivity index (χ2n) is 17.9. The molecule has 2 aromatic heterocycles. The van der Waals surface area contributed by atoms with Gasteiger partial charge >= 0.3 is 0 Å². The summed E-state index contributed by atoms with van der Waals surface area (Å²) in [6, 6.07) is 56.8. The molecule has 14 rings (SSSR count). The van der Waals surface area contributed by atoms with Crippen LogP contribution in [0.25, 0.3) is 77.6 Å². The fourth-order valence-corrected chi connectivity index (χ4v) is 12.4. The SMILES string of the molecule is Cc1ccc(-c2c(-c3ccc(C)cc3)n3c4c(cccc24)B2c4c-3ccc3c4-n4c5c2ccc(C)c5c2c(C)ccc(c24)C32c3ccccc3-c3ccc(C)cc32)cc1. The zero-order valence-corrected chi connectivity index (χ0v) is 33.8. The quantitative estimate of drug-likeness (QED) is 0.156. The van der Waals surface area contributed by atoms with Gasteiger partial charge in [-0.05, 0) is 113 Å². The van der Waals surface area contributed by atoms with E-state index >= 15 is 0 Å². The Balaban J connectivity index is 1.24. The number of para-hydroxylation sites is 1. The standard InChI is InChI=1S/C56H39BN2/c1-30-13-20-35(21-14-30)49-39-10-8-12-44-52(39)58(51(49)36-22-15-31(2)16-23-36)46-28-26-42-54-50(46)57(44)45-27-19-34(5)48-47-33(4)18-25-41(53(47)59(54)55(45)48)56(42)40-11-7-6-9-37(40)38-24-17-32(3)29-43(38)56/h6-29H,1-5H3. The number of aromatic nitrogens is 2. The molecule has 0 saturated heterocycles. The van der Waals surface area contributed by atoms with Gasteiger partial charge in [0.15, 0.2) is 0 Å². The molecule has 3 heteroatoms. The van der Waals surface area contributed by atoms with Gasteiger partial charge in [-0.3, -0.25) is 0 Å². The first-order valence-corrected chi connectivity index (χ1v) is 21.1. The Kier molecular flexibility index (Phi) is 5.78. The van der Waals surface area contributed by atoms with E-state index in [0.29, 0.717) is 0 Å². The molecule has 0 N–H and O–H groups in total. The Morgan fingerprint density at radius 2 is 1.12 bits per heavy atom. The van der Waals surface area contributed by atoms with E-state index in [1.54, 1.807) is 0 Å². The van der Waals surface area contributed by atoms with Crippen molar-refractivity contribution in [1.82, 2.24) is 9.13 Å². The number of benzene rings is 8. The van der Waals surface area contributed by atoms with E-state index in [1.165, 1.54) is 144 Å². The monoisotopic (exact) mass is 750 g/mol. The molecular formula is C56H39BN2. The van der Waals surface area contributed by atoms with E-state index in [0.717, 1.165) is 0 Å². The minimum absolute atomic E-state index is 0.0650. The lowest BCUT2D eigenvalue weighted by Gasteiger charge is -2.44. The molecule has 0 fully saturated rings. The van der Waals surface area contributed by atoms with E-state index in [-0.39, 0.29) is 6.71 Å². The largest absolute Gasteiger partial charge is 0.310 e. The molecule has 1 unspecified atom stereocenters. The van der Waals surface area contributed by atoms with Crippen LogP contribution in [0, 0.1) is 34.6 Å². The average molecular weight is 751 g/mol. The second-order valence-corrected chi connectivity index (χ2v) is 17.9. The third-order valence-electron chi connectivity index (χ3n) is 14.8. The molecule has 5 heterocycles. The summed E-state index contributed by atoms with van der Waals surface area (Å²) in [5, 5.41) is 4.11. The average Bonchev–Trinajstić information content (AvgIpc) is 3.89. The fourth-order valence-electron chi connectivity index (χ4n) is 12.4.